The third-order valence-electron chi connectivity index (χ3n) is 2.63. The fourth-order valence-electron chi connectivity index (χ4n) is 1.68. The van der Waals surface area contributed by atoms with E-state index in [2.05, 4.69) is 35.9 Å². The molecule has 5 heteroatoms. The standard InChI is InChI=1S/C12H9BrN4/c1-7-8(13)6-15-12-10(7)16-11(17-12)9-4-2-3-5-14-9/h2-6H,1H3,(H,15,16,17). The highest BCUT2D eigenvalue weighted by atomic mass is 79.9. The number of halogens is 1. The minimum absolute atomic E-state index is 0.714. The second-order valence-corrected chi connectivity index (χ2v) is 4.58. The van der Waals surface area contributed by atoms with Crippen LogP contribution in [0.2, 0.25) is 0 Å². The van der Waals surface area contributed by atoms with Crippen LogP contribution in [0, 0.1) is 6.92 Å². The molecule has 3 aromatic rings. The summed E-state index contributed by atoms with van der Waals surface area (Å²) in [5.74, 6) is 0.745. The van der Waals surface area contributed by atoms with E-state index in [0.29, 0.717) is 5.65 Å². The molecule has 3 rings (SSSR count). The largest absolute Gasteiger partial charge is 0.335 e. The molecule has 0 aromatic carbocycles. The van der Waals surface area contributed by atoms with Gasteiger partial charge in [-0.2, -0.15) is 0 Å². The van der Waals surface area contributed by atoms with Crippen molar-refractivity contribution in [1.29, 1.82) is 0 Å². The molecular formula is C12H9BrN4. The van der Waals surface area contributed by atoms with Crippen LogP contribution in [0.3, 0.4) is 0 Å². The van der Waals surface area contributed by atoms with Crippen molar-refractivity contribution in [3.8, 4) is 11.5 Å². The number of hydrogen-bond acceptors (Lipinski definition) is 3. The van der Waals surface area contributed by atoms with Gasteiger partial charge in [-0.3, -0.25) is 4.98 Å². The van der Waals surface area contributed by atoms with Crippen molar-refractivity contribution < 1.29 is 0 Å². The molecule has 0 amide bonds. The lowest BCUT2D eigenvalue weighted by Gasteiger charge is -1.96. The van der Waals surface area contributed by atoms with Crippen LogP contribution in [-0.4, -0.2) is 19.9 Å². The maximum atomic E-state index is 4.43. The second-order valence-electron chi connectivity index (χ2n) is 3.73. The van der Waals surface area contributed by atoms with Crippen molar-refractivity contribution in [2.75, 3.05) is 0 Å². The lowest BCUT2D eigenvalue weighted by Crippen LogP contribution is -1.83. The number of nitrogens with one attached hydrogen (secondary N) is 1. The van der Waals surface area contributed by atoms with Crippen LogP contribution in [0.25, 0.3) is 22.7 Å². The zero-order valence-electron chi connectivity index (χ0n) is 9.11. The second kappa shape index (κ2) is 3.92. The fraction of sp³-hybridized carbons (Fsp3) is 0.0833. The van der Waals surface area contributed by atoms with Crippen LogP contribution in [0.1, 0.15) is 5.56 Å². The van der Waals surface area contributed by atoms with E-state index in [9.17, 15) is 0 Å². The molecule has 3 heterocycles. The highest BCUT2D eigenvalue weighted by Crippen LogP contribution is 2.24. The molecule has 0 aliphatic carbocycles. The van der Waals surface area contributed by atoms with Crippen LogP contribution >= 0.6 is 15.9 Å². The van der Waals surface area contributed by atoms with Gasteiger partial charge in [0.15, 0.2) is 11.5 Å². The molecule has 17 heavy (non-hydrogen) atoms. The van der Waals surface area contributed by atoms with Crippen LogP contribution in [-0.2, 0) is 0 Å². The predicted octanol–water partition coefficient (Wildman–Crippen LogP) is 3.09. The van der Waals surface area contributed by atoms with Gasteiger partial charge in [-0.15, -0.1) is 0 Å². The van der Waals surface area contributed by atoms with E-state index in [-0.39, 0.29) is 0 Å². The SMILES string of the molecule is Cc1c(Br)cnc2nc(-c3ccccn3)[nH]c12. The quantitative estimate of drug-likeness (QED) is 0.749. The molecule has 0 saturated carbocycles. The number of aromatic nitrogens is 4. The average Bonchev–Trinajstić information content (AvgIpc) is 2.80. The zero-order chi connectivity index (χ0) is 11.8. The molecule has 0 saturated heterocycles. The molecule has 4 nitrogen and oxygen atoms in total. The summed E-state index contributed by atoms with van der Waals surface area (Å²) in [4.78, 5) is 16.2. The van der Waals surface area contributed by atoms with Crippen molar-refractivity contribution in [1.82, 2.24) is 19.9 Å². The number of nitrogens with zero attached hydrogens (tertiary/aromatic N) is 3. The topological polar surface area (TPSA) is 54.5 Å². The zero-order valence-corrected chi connectivity index (χ0v) is 10.7. The number of fused-ring (bicyclic) bond motifs is 1. The van der Waals surface area contributed by atoms with Gasteiger partial charge in [0.1, 0.15) is 5.69 Å². The molecule has 0 atom stereocenters. The van der Waals surface area contributed by atoms with Crippen LogP contribution in [0.4, 0.5) is 0 Å². The molecular weight excluding hydrogens is 280 g/mol. The van der Waals surface area contributed by atoms with E-state index >= 15 is 0 Å². The molecule has 1 N–H and O–H groups in total. The number of aromatic amines is 1. The van der Waals surface area contributed by atoms with Gasteiger partial charge in [0, 0.05) is 16.9 Å². The predicted molar refractivity (Wildman–Crippen MR) is 69.6 cm³/mol. The maximum absolute atomic E-state index is 4.43. The molecule has 0 fully saturated rings. The van der Waals surface area contributed by atoms with Gasteiger partial charge in [0.25, 0.3) is 0 Å². The van der Waals surface area contributed by atoms with Crippen LogP contribution in [0.15, 0.2) is 35.1 Å². The van der Waals surface area contributed by atoms with Gasteiger partial charge in [-0.05, 0) is 40.5 Å². The van der Waals surface area contributed by atoms with E-state index in [1.165, 1.54) is 0 Å². The summed E-state index contributed by atoms with van der Waals surface area (Å²) in [6.07, 6.45) is 3.51. The first-order valence-corrected chi connectivity index (χ1v) is 5.97. The Labute approximate surface area is 106 Å². The molecule has 0 aliphatic rings. The molecule has 0 spiro atoms. The number of rotatable bonds is 1. The van der Waals surface area contributed by atoms with Crippen molar-refractivity contribution >= 4 is 27.1 Å². The monoisotopic (exact) mass is 288 g/mol. The molecule has 3 aromatic heterocycles. The smallest absolute Gasteiger partial charge is 0.178 e. The third-order valence-corrected chi connectivity index (χ3v) is 3.43. The molecule has 84 valence electrons. The summed E-state index contributed by atoms with van der Waals surface area (Å²) in [6.45, 7) is 2.02. The molecule has 0 bridgehead atoms. The Morgan fingerprint density at radius 2 is 2.12 bits per heavy atom. The molecule has 0 unspecified atom stereocenters. The van der Waals surface area contributed by atoms with E-state index in [0.717, 1.165) is 27.1 Å². The van der Waals surface area contributed by atoms with Gasteiger partial charge in [0.05, 0.1) is 5.52 Å². The Kier molecular flexibility index (Phi) is 2.40. The van der Waals surface area contributed by atoms with Crippen molar-refractivity contribution in [2.24, 2.45) is 0 Å². The Balaban J connectivity index is 2.24. The minimum Gasteiger partial charge on any atom is -0.335 e. The summed E-state index contributed by atoms with van der Waals surface area (Å²) in [7, 11) is 0. The third kappa shape index (κ3) is 1.72. The number of H-pyrrole nitrogens is 1. The van der Waals surface area contributed by atoms with Gasteiger partial charge in [-0.25, -0.2) is 9.97 Å². The lowest BCUT2D eigenvalue weighted by molar-refractivity contribution is 1.23. The van der Waals surface area contributed by atoms with E-state index in [1.807, 2.05) is 25.1 Å². The van der Waals surface area contributed by atoms with E-state index in [4.69, 9.17) is 0 Å². The summed E-state index contributed by atoms with van der Waals surface area (Å²) in [6, 6.07) is 5.74. The van der Waals surface area contributed by atoms with E-state index < -0.39 is 0 Å². The van der Waals surface area contributed by atoms with Crippen molar-refractivity contribution in [3.05, 3.63) is 40.6 Å². The van der Waals surface area contributed by atoms with Gasteiger partial charge < -0.3 is 4.98 Å². The summed E-state index contributed by atoms with van der Waals surface area (Å²) < 4.78 is 0.973. The average molecular weight is 289 g/mol. The first kappa shape index (κ1) is 10.4. The normalized spacial score (nSPS) is 10.9. The Bertz CT molecular complexity index is 676. The highest BCUT2D eigenvalue weighted by molar-refractivity contribution is 9.10. The number of aryl methyl sites for hydroxylation is 1. The van der Waals surface area contributed by atoms with Gasteiger partial charge in [-0.1, -0.05) is 6.07 Å². The summed E-state index contributed by atoms with van der Waals surface area (Å²) >= 11 is 3.46. The summed E-state index contributed by atoms with van der Waals surface area (Å²) in [5, 5.41) is 0. The van der Waals surface area contributed by atoms with Crippen molar-refractivity contribution in [3.63, 3.8) is 0 Å². The summed E-state index contributed by atoms with van der Waals surface area (Å²) in [5.41, 5.74) is 3.58. The van der Waals surface area contributed by atoms with Crippen LogP contribution in [0.5, 0.6) is 0 Å². The lowest BCUT2D eigenvalue weighted by atomic mass is 10.3. The van der Waals surface area contributed by atoms with E-state index in [1.54, 1.807) is 12.4 Å². The van der Waals surface area contributed by atoms with Crippen molar-refractivity contribution in [2.45, 2.75) is 6.92 Å². The fourth-order valence-corrected chi connectivity index (χ4v) is 1.98. The number of hydrogen-bond donors (Lipinski definition) is 1. The van der Waals surface area contributed by atoms with Gasteiger partial charge >= 0.3 is 0 Å². The molecule has 0 aliphatic heterocycles. The van der Waals surface area contributed by atoms with Gasteiger partial charge in [0.2, 0.25) is 0 Å². The molecule has 0 radical (unpaired) electrons. The Morgan fingerprint density at radius 1 is 1.24 bits per heavy atom. The number of pyridine rings is 2. The minimum atomic E-state index is 0.714. The highest BCUT2D eigenvalue weighted by Gasteiger charge is 2.10. The first-order chi connectivity index (χ1) is 8.25. The van der Waals surface area contributed by atoms with Crippen LogP contribution < -0.4 is 0 Å². The maximum Gasteiger partial charge on any atom is 0.178 e. The number of imidazole rings is 1. The Hall–Kier alpha value is -1.75. The first-order valence-electron chi connectivity index (χ1n) is 5.18. The Morgan fingerprint density at radius 3 is 2.88 bits per heavy atom.